The van der Waals surface area contributed by atoms with E-state index in [-0.39, 0.29) is 18.6 Å². The first-order valence-electron chi connectivity index (χ1n) is 5.88. The Bertz CT molecular complexity index is 387. The van der Waals surface area contributed by atoms with Crippen LogP contribution in [0.25, 0.3) is 0 Å². The lowest BCUT2D eigenvalue weighted by molar-refractivity contribution is 0.0384. The van der Waals surface area contributed by atoms with E-state index in [0.29, 0.717) is 18.3 Å². The molecule has 1 saturated carbocycles. The van der Waals surface area contributed by atoms with Gasteiger partial charge in [-0.1, -0.05) is 5.16 Å². The number of nitrogens with zero attached hydrogens (tertiary/aromatic N) is 2. The van der Waals surface area contributed by atoms with Gasteiger partial charge in [0.2, 0.25) is 5.82 Å². The molecule has 1 fully saturated rings. The zero-order valence-electron chi connectivity index (χ0n) is 10.0. The minimum absolute atomic E-state index is 0.104. The van der Waals surface area contributed by atoms with Crippen LogP contribution in [0.5, 0.6) is 0 Å². The van der Waals surface area contributed by atoms with E-state index in [2.05, 4.69) is 10.1 Å². The van der Waals surface area contributed by atoms with Gasteiger partial charge in [-0.15, -0.1) is 0 Å². The number of rotatable bonds is 6. The first-order valence-corrected chi connectivity index (χ1v) is 5.88. The largest absolute Gasteiger partial charge is 0.459 e. The van der Waals surface area contributed by atoms with Crippen molar-refractivity contribution in [2.24, 2.45) is 5.92 Å². The van der Waals surface area contributed by atoms with Gasteiger partial charge in [-0.2, -0.15) is 4.98 Å². The zero-order valence-corrected chi connectivity index (χ0v) is 10.0. The lowest BCUT2D eigenvalue weighted by Crippen LogP contribution is -2.10. The average Bonchev–Trinajstić information content (AvgIpc) is 3.03. The monoisotopic (exact) mass is 240 g/mol. The van der Waals surface area contributed by atoms with Crippen molar-refractivity contribution >= 4 is 5.97 Å². The Morgan fingerprint density at radius 3 is 2.82 bits per heavy atom. The second-order valence-electron chi connectivity index (χ2n) is 3.89. The minimum Gasteiger partial charge on any atom is -0.459 e. The molecule has 1 aromatic heterocycles. The maximum Gasteiger partial charge on any atom is 0.397 e. The standard InChI is InChI=1S/C11H16N2O4/c1-3-15-8(7-5-6-7)9-12-10(17-13-9)11(14)16-4-2/h7-8H,3-6H2,1-2H3. The summed E-state index contributed by atoms with van der Waals surface area (Å²) >= 11 is 0. The molecule has 1 unspecified atom stereocenters. The van der Waals surface area contributed by atoms with E-state index in [4.69, 9.17) is 14.0 Å². The van der Waals surface area contributed by atoms with E-state index in [1.54, 1.807) is 6.92 Å². The molecule has 0 aliphatic heterocycles. The molecule has 0 bridgehead atoms. The van der Waals surface area contributed by atoms with Crippen LogP contribution >= 0.6 is 0 Å². The van der Waals surface area contributed by atoms with E-state index in [1.807, 2.05) is 6.92 Å². The van der Waals surface area contributed by atoms with Gasteiger partial charge < -0.3 is 14.0 Å². The van der Waals surface area contributed by atoms with Crippen molar-refractivity contribution in [3.8, 4) is 0 Å². The van der Waals surface area contributed by atoms with Gasteiger partial charge in [-0.25, -0.2) is 4.79 Å². The topological polar surface area (TPSA) is 74.5 Å². The highest BCUT2D eigenvalue weighted by molar-refractivity contribution is 5.83. The minimum atomic E-state index is -0.586. The summed E-state index contributed by atoms with van der Waals surface area (Å²) in [6.45, 7) is 4.52. The van der Waals surface area contributed by atoms with E-state index >= 15 is 0 Å². The number of hydrogen-bond acceptors (Lipinski definition) is 6. The van der Waals surface area contributed by atoms with Crippen molar-refractivity contribution in [1.29, 1.82) is 0 Å². The summed E-state index contributed by atoms with van der Waals surface area (Å²) in [6, 6.07) is 0. The summed E-state index contributed by atoms with van der Waals surface area (Å²) in [6.07, 6.45) is 2.05. The van der Waals surface area contributed by atoms with Crippen LogP contribution in [0.1, 0.15) is 49.3 Å². The second kappa shape index (κ2) is 5.27. The average molecular weight is 240 g/mol. The van der Waals surface area contributed by atoms with E-state index in [9.17, 15) is 4.79 Å². The fraction of sp³-hybridized carbons (Fsp3) is 0.727. The Morgan fingerprint density at radius 1 is 1.47 bits per heavy atom. The third-order valence-corrected chi connectivity index (χ3v) is 2.54. The van der Waals surface area contributed by atoms with Crippen LogP contribution in [0.4, 0.5) is 0 Å². The molecule has 1 aliphatic carbocycles. The van der Waals surface area contributed by atoms with Gasteiger partial charge in [0.15, 0.2) is 0 Å². The summed E-state index contributed by atoms with van der Waals surface area (Å²) in [5.41, 5.74) is 0. The van der Waals surface area contributed by atoms with Crippen LogP contribution < -0.4 is 0 Å². The molecule has 17 heavy (non-hydrogen) atoms. The molecule has 0 spiro atoms. The van der Waals surface area contributed by atoms with Crippen LogP contribution in [0.3, 0.4) is 0 Å². The molecule has 0 saturated heterocycles. The molecule has 1 aromatic rings. The third-order valence-electron chi connectivity index (χ3n) is 2.54. The van der Waals surface area contributed by atoms with E-state index in [0.717, 1.165) is 12.8 Å². The Balaban J connectivity index is 2.07. The SMILES string of the molecule is CCOC(=O)c1nc(C(OCC)C2CC2)no1. The Labute approximate surface area is 99.3 Å². The predicted molar refractivity (Wildman–Crippen MR) is 57.3 cm³/mol. The number of carbonyl (C=O) groups is 1. The lowest BCUT2D eigenvalue weighted by Gasteiger charge is -2.10. The number of hydrogen-bond donors (Lipinski definition) is 0. The second-order valence-corrected chi connectivity index (χ2v) is 3.89. The highest BCUT2D eigenvalue weighted by atomic mass is 16.6. The molecule has 0 amide bonds. The quantitative estimate of drug-likeness (QED) is 0.705. The van der Waals surface area contributed by atoms with Crippen molar-refractivity contribution in [1.82, 2.24) is 10.1 Å². The van der Waals surface area contributed by atoms with Gasteiger partial charge in [0.25, 0.3) is 0 Å². The fourth-order valence-corrected chi connectivity index (χ4v) is 1.63. The normalized spacial score (nSPS) is 16.8. The van der Waals surface area contributed by atoms with Gasteiger partial charge >= 0.3 is 11.9 Å². The third kappa shape index (κ3) is 2.82. The highest BCUT2D eigenvalue weighted by Crippen LogP contribution is 2.42. The number of carbonyl (C=O) groups excluding carboxylic acids is 1. The van der Waals surface area contributed by atoms with Gasteiger partial charge in [0.05, 0.1) is 6.61 Å². The Morgan fingerprint density at radius 2 is 2.24 bits per heavy atom. The number of ether oxygens (including phenoxy) is 2. The first kappa shape index (κ1) is 12.0. The molecule has 6 heteroatoms. The summed E-state index contributed by atoms with van der Waals surface area (Å²) in [5, 5.41) is 3.79. The van der Waals surface area contributed by atoms with Crippen molar-refractivity contribution in [2.75, 3.05) is 13.2 Å². The summed E-state index contributed by atoms with van der Waals surface area (Å²) in [5.74, 6) is 0.199. The molecular weight excluding hydrogens is 224 g/mol. The van der Waals surface area contributed by atoms with Gasteiger partial charge in [0.1, 0.15) is 6.10 Å². The molecule has 6 nitrogen and oxygen atoms in total. The molecule has 1 aliphatic rings. The van der Waals surface area contributed by atoms with Gasteiger partial charge in [0, 0.05) is 6.61 Å². The van der Waals surface area contributed by atoms with Crippen molar-refractivity contribution < 1.29 is 18.8 Å². The van der Waals surface area contributed by atoms with Crippen LogP contribution in [-0.2, 0) is 9.47 Å². The molecule has 0 N–H and O–H groups in total. The van der Waals surface area contributed by atoms with E-state index < -0.39 is 5.97 Å². The molecule has 94 valence electrons. The number of aromatic nitrogens is 2. The molecule has 0 radical (unpaired) electrons. The maximum atomic E-state index is 11.4. The maximum absolute atomic E-state index is 11.4. The fourth-order valence-electron chi connectivity index (χ4n) is 1.63. The summed E-state index contributed by atoms with van der Waals surface area (Å²) < 4.78 is 15.2. The molecule has 1 atom stereocenters. The smallest absolute Gasteiger partial charge is 0.397 e. The lowest BCUT2D eigenvalue weighted by atomic mass is 10.2. The van der Waals surface area contributed by atoms with Crippen LogP contribution in [-0.4, -0.2) is 29.3 Å². The predicted octanol–water partition coefficient (Wildman–Crippen LogP) is 1.73. The Kier molecular flexibility index (Phi) is 3.73. The summed E-state index contributed by atoms with van der Waals surface area (Å²) in [4.78, 5) is 15.4. The zero-order chi connectivity index (χ0) is 12.3. The molecule has 1 heterocycles. The summed E-state index contributed by atoms with van der Waals surface area (Å²) in [7, 11) is 0. The molecule has 0 aromatic carbocycles. The van der Waals surface area contributed by atoms with Gasteiger partial charge in [-0.3, -0.25) is 0 Å². The van der Waals surface area contributed by atoms with Crippen molar-refractivity contribution in [2.45, 2.75) is 32.8 Å². The van der Waals surface area contributed by atoms with Gasteiger partial charge in [-0.05, 0) is 32.6 Å². The first-order chi connectivity index (χ1) is 8.26. The van der Waals surface area contributed by atoms with Crippen LogP contribution in [0.2, 0.25) is 0 Å². The van der Waals surface area contributed by atoms with E-state index in [1.165, 1.54) is 0 Å². The molecular formula is C11H16N2O4. The van der Waals surface area contributed by atoms with Crippen molar-refractivity contribution in [3.63, 3.8) is 0 Å². The Hall–Kier alpha value is -1.43. The van der Waals surface area contributed by atoms with Crippen molar-refractivity contribution in [3.05, 3.63) is 11.7 Å². The van der Waals surface area contributed by atoms with Crippen LogP contribution in [0.15, 0.2) is 4.52 Å². The molecule has 2 rings (SSSR count). The highest BCUT2D eigenvalue weighted by Gasteiger charge is 2.36. The number of esters is 1. The van der Waals surface area contributed by atoms with Crippen LogP contribution in [0, 0.1) is 5.92 Å².